The monoisotopic (exact) mass is 286 g/mol. The summed E-state index contributed by atoms with van der Waals surface area (Å²) in [6.45, 7) is 3.25. The topological polar surface area (TPSA) is 32.3 Å². The number of halogens is 1. The fraction of sp³-hybridized carbons (Fsp3) is 0.235. The minimum atomic E-state index is -0.302. The van der Waals surface area contributed by atoms with Gasteiger partial charge in [-0.1, -0.05) is 48.5 Å². The third-order valence-corrected chi connectivity index (χ3v) is 3.27. The summed E-state index contributed by atoms with van der Waals surface area (Å²) in [5.41, 5.74) is 1.56. The maximum Gasteiger partial charge on any atom is 0.317 e. The van der Waals surface area contributed by atoms with E-state index in [4.69, 9.17) is 0 Å². The second-order valence-electron chi connectivity index (χ2n) is 4.75. The van der Waals surface area contributed by atoms with E-state index in [1.165, 1.54) is 6.07 Å². The zero-order valence-electron chi connectivity index (χ0n) is 12.1. The van der Waals surface area contributed by atoms with E-state index in [1.807, 2.05) is 37.3 Å². The van der Waals surface area contributed by atoms with E-state index in [0.29, 0.717) is 18.7 Å². The number of nitrogens with zero attached hydrogens (tertiary/aromatic N) is 1. The van der Waals surface area contributed by atoms with Gasteiger partial charge in [0.2, 0.25) is 0 Å². The largest absolute Gasteiger partial charge is 0.334 e. The zero-order chi connectivity index (χ0) is 15.1. The van der Waals surface area contributed by atoms with E-state index in [-0.39, 0.29) is 18.4 Å². The molecule has 21 heavy (non-hydrogen) atoms. The zero-order valence-corrected chi connectivity index (χ0v) is 12.1. The third kappa shape index (κ3) is 4.31. The maximum atomic E-state index is 13.5. The normalized spacial score (nSPS) is 10.2. The van der Waals surface area contributed by atoms with Crippen LogP contribution in [0, 0.1) is 5.82 Å². The van der Waals surface area contributed by atoms with Gasteiger partial charge >= 0.3 is 6.03 Å². The highest BCUT2D eigenvalue weighted by molar-refractivity contribution is 5.74. The summed E-state index contributed by atoms with van der Waals surface area (Å²) in [5.74, 6) is -0.302. The lowest BCUT2D eigenvalue weighted by Crippen LogP contribution is -2.39. The van der Waals surface area contributed by atoms with Crippen molar-refractivity contribution in [3.8, 4) is 0 Å². The van der Waals surface area contributed by atoms with Crippen LogP contribution in [0.25, 0.3) is 0 Å². The van der Waals surface area contributed by atoms with Crippen LogP contribution >= 0.6 is 0 Å². The fourth-order valence-electron chi connectivity index (χ4n) is 2.06. The highest BCUT2D eigenvalue weighted by Gasteiger charge is 2.12. The van der Waals surface area contributed by atoms with Crippen LogP contribution in [-0.2, 0) is 13.1 Å². The number of nitrogens with one attached hydrogen (secondary N) is 1. The molecular weight excluding hydrogens is 267 g/mol. The van der Waals surface area contributed by atoms with Crippen LogP contribution in [0.3, 0.4) is 0 Å². The molecule has 0 bridgehead atoms. The molecule has 0 heterocycles. The number of rotatable bonds is 5. The highest BCUT2D eigenvalue weighted by Crippen LogP contribution is 2.07. The third-order valence-electron chi connectivity index (χ3n) is 3.27. The molecule has 0 saturated heterocycles. The molecule has 0 aliphatic rings. The minimum Gasteiger partial charge on any atom is -0.334 e. The van der Waals surface area contributed by atoms with Gasteiger partial charge in [-0.25, -0.2) is 9.18 Å². The molecule has 110 valence electrons. The van der Waals surface area contributed by atoms with Crippen LogP contribution in [0.4, 0.5) is 9.18 Å². The van der Waals surface area contributed by atoms with E-state index in [0.717, 1.165) is 5.56 Å². The van der Waals surface area contributed by atoms with Gasteiger partial charge in [-0.3, -0.25) is 0 Å². The van der Waals surface area contributed by atoms with Crippen molar-refractivity contribution >= 4 is 6.03 Å². The first-order chi connectivity index (χ1) is 10.2. The van der Waals surface area contributed by atoms with E-state index in [1.54, 1.807) is 23.1 Å². The first-order valence-electron chi connectivity index (χ1n) is 7.00. The van der Waals surface area contributed by atoms with Crippen molar-refractivity contribution in [3.63, 3.8) is 0 Å². The molecule has 1 N–H and O–H groups in total. The van der Waals surface area contributed by atoms with Crippen LogP contribution in [0.2, 0.25) is 0 Å². The quantitative estimate of drug-likeness (QED) is 0.895. The molecule has 2 aromatic carbocycles. The van der Waals surface area contributed by atoms with Crippen molar-refractivity contribution in [1.29, 1.82) is 0 Å². The Morgan fingerprint density at radius 2 is 1.76 bits per heavy atom. The van der Waals surface area contributed by atoms with Gasteiger partial charge in [0.05, 0.1) is 0 Å². The van der Waals surface area contributed by atoms with Gasteiger partial charge in [0.25, 0.3) is 0 Å². The van der Waals surface area contributed by atoms with Crippen molar-refractivity contribution in [2.75, 3.05) is 6.54 Å². The molecule has 0 unspecified atom stereocenters. The van der Waals surface area contributed by atoms with E-state index in [9.17, 15) is 9.18 Å². The summed E-state index contributed by atoms with van der Waals surface area (Å²) in [5, 5.41) is 2.76. The van der Waals surface area contributed by atoms with E-state index >= 15 is 0 Å². The van der Waals surface area contributed by atoms with Gasteiger partial charge in [0.15, 0.2) is 0 Å². The Morgan fingerprint density at radius 1 is 1.10 bits per heavy atom. The molecule has 2 amide bonds. The van der Waals surface area contributed by atoms with Gasteiger partial charge in [0.1, 0.15) is 5.82 Å². The molecule has 2 rings (SSSR count). The summed E-state index contributed by atoms with van der Waals surface area (Å²) < 4.78 is 13.5. The molecular formula is C17H19FN2O. The first-order valence-corrected chi connectivity index (χ1v) is 7.00. The van der Waals surface area contributed by atoms with Gasteiger partial charge in [0, 0.05) is 25.2 Å². The lowest BCUT2D eigenvalue weighted by molar-refractivity contribution is 0.197. The molecule has 2 aromatic rings. The van der Waals surface area contributed by atoms with Crippen molar-refractivity contribution in [3.05, 3.63) is 71.5 Å². The Bertz CT molecular complexity index is 586. The molecule has 0 fully saturated rings. The predicted molar refractivity (Wildman–Crippen MR) is 81.2 cm³/mol. The molecule has 0 aliphatic carbocycles. The Balaban J connectivity index is 1.93. The lowest BCUT2D eigenvalue weighted by atomic mass is 10.2. The average molecular weight is 286 g/mol. The van der Waals surface area contributed by atoms with Crippen molar-refractivity contribution < 1.29 is 9.18 Å². The molecule has 0 spiro atoms. The first kappa shape index (κ1) is 15.0. The predicted octanol–water partition coefficient (Wildman–Crippen LogP) is 3.56. The van der Waals surface area contributed by atoms with Crippen molar-refractivity contribution in [1.82, 2.24) is 10.2 Å². The lowest BCUT2D eigenvalue weighted by Gasteiger charge is -2.21. The Morgan fingerprint density at radius 3 is 2.43 bits per heavy atom. The summed E-state index contributed by atoms with van der Waals surface area (Å²) in [7, 11) is 0. The van der Waals surface area contributed by atoms with Gasteiger partial charge in [-0.15, -0.1) is 0 Å². The van der Waals surface area contributed by atoms with Crippen LogP contribution in [-0.4, -0.2) is 17.5 Å². The number of carbonyl (C=O) groups excluding carboxylic acids is 1. The van der Waals surface area contributed by atoms with Gasteiger partial charge in [-0.05, 0) is 18.6 Å². The number of hydrogen-bond acceptors (Lipinski definition) is 1. The van der Waals surface area contributed by atoms with Crippen LogP contribution in [0.1, 0.15) is 18.1 Å². The van der Waals surface area contributed by atoms with E-state index in [2.05, 4.69) is 5.32 Å². The van der Waals surface area contributed by atoms with E-state index < -0.39 is 0 Å². The maximum absolute atomic E-state index is 13.5. The van der Waals surface area contributed by atoms with Crippen molar-refractivity contribution in [2.45, 2.75) is 20.0 Å². The van der Waals surface area contributed by atoms with Gasteiger partial charge in [-0.2, -0.15) is 0 Å². The second-order valence-corrected chi connectivity index (χ2v) is 4.75. The summed E-state index contributed by atoms with van der Waals surface area (Å²) in [4.78, 5) is 13.8. The number of amides is 2. The van der Waals surface area contributed by atoms with Crippen LogP contribution in [0.15, 0.2) is 54.6 Å². The molecule has 0 aromatic heterocycles. The SMILES string of the molecule is CCN(Cc1ccccc1)C(=O)NCc1ccccc1F. The minimum absolute atomic E-state index is 0.190. The smallest absolute Gasteiger partial charge is 0.317 e. The molecule has 0 atom stereocenters. The summed E-state index contributed by atoms with van der Waals surface area (Å²) >= 11 is 0. The van der Waals surface area contributed by atoms with Crippen LogP contribution in [0.5, 0.6) is 0 Å². The molecule has 0 radical (unpaired) electrons. The average Bonchev–Trinajstić information content (AvgIpc) is 2.52. The van der Waals surface area contributed by atoms with Crippen LogP contribution < -0.4 is 5.32 Å². The Kier molecular flexibility index (Phi) is 5.32. The summed E-state index contributed by atoms with van der Waals surface area (Å²) in [6.07, 6.45) is 0. The standard InChI is InChI=1S/C17H19FN2O/c1-2-20(13-14-8-4-3-5-9-14)17(21)19-12-15-10-6-7-11-16(15)18/h3-11H,2,12-13H2,1H3,(H,19,21). The Hall–Kier alpha value is -2.36. The molecule has 3 nitrogen and oxygen atoms in total. The summed E-state index contributed by atoms with van der Waals surface area (Å²) in [6, 6.07) is 16.1. The highest BCUT2D eigenvalue weighted by atomic mass is 19.1. The molecule has 4 heteroatoms. The van der Waals surface area contributed by atoms with Crippen molar-refractivity contribution in [2.24, 2.45) is 0 Å². The number of carbonyl (C=O) groups is 1. The van der Waals surface area contributed by atoms with Gasteiger partial charge < -0.3 is 10.2 Å². The molecule has 0 aliphatic heterocycles. The number of hydrogen-bond donors (Lipinski definition) is 1. The Labute approximate surface area is 124 Å². The number of urea groups is 1. The number of benzene rings is 2. The second kappa shape index (κ2) is 7.43. The fourth-order valence-corrected chi connectivity index (χ4v) is 2.06. The molecule has 0 saturated carbocycles.